The molecule has 120 valence electrons. The minimum atomic E-state index is -3.57. The molecule has 0 bridgehead atoms. The van der Waals surface area contributed by atoms with Gasteiger partial charge in [0.2, 0.25) is 9.84 Å². The van der Waals surface area contributed by atoms with E-state index in [2.05, 4.69) is 15.0 Å². The Labute approximate surface area is 138 Å². The number of hydrogen-bond donors (Lipinski definition) is 0. The second-order valence-corrected chi connectivity index (χ2v) is 8.10. The number of benzene rings is 1. The van der Waals surface area contributed by atoms with Crippen LogP contribution in [0.1, 0.15) is 11.4 Å². The van der Waals surface area contributed by atoms with Crippen LogP contribution in [0.4, 0.5) is 0 Å². The van der Waals surface area contributed by atoms with Gasteiger partial charge in [0.25, 0.3) is 0 Å². The molecule has 0 radical (unpaired) electrons. The van der Waals surface area contributed by atoms with Crippen LogP contribution in [0.3, 0.4) is 0 Å². The molecule has 2 aromatic heterocycles. The third-order valence-corrected chi connectivity index (χ3v) is 5.64. The first kappa shape index (κ1) is 15.9. The Morgan fingerprint density at radius 3 is 2.48 bits per heavy atom. The van der Waals surface area contributed by atoms with Crippen LogP contribution in [0, 0.1) is 13.8 Å². The van der Waals surface area contributed by atoms with E-state index in [0.29, 0.717) is 22.0 Å². The maximum absolute atomic E-state index is 12.3. The van der Waals surface area contributed by atoms with Crippen molar-refractivity contribution < 1.29 is 12.8 Å². The highest BCUT2D eigenvalue weighted by molar-refractivity contribution is 8.00. The maximum atomic E-state index is 12.3. The van der Waals surface area contributed by atoms with Crippen molar-refractivity contribution in [3.05, 3.63) is 41.7 Å². The van der Waals surface area contributed by atoms with Crippen molar-refractivity contribution in [1.82, 2.24) is 15.0 Å². The van der Waals surface area contributed by atoms with Gasteiger partial charge in [-0.15, -0.1) is 0 Å². The van der Waals surface area contributed by atoms with Gasteiger partial charge >= 0.3 is 5.22 Å². The lowest BCUT2D eigenvalue weighted by atomic mass is 10.3. The average molecular weight is 349 g/mol. The van der Waals surface area contributed by atoms with E-state index in [1.54, 1.807) is 24.3 Å². The standard InChI is InChI=1S/C15H15N3O3S2/c1-10-9-11(2)17-14(16-10)22-7-8-23(19,20)15-18-12-5-3-4-6-13(12)21-15/h3-6,9H,7-8H2,1-2H3. The number of hydrogen-bond acceptors (Lipinski definition) is 7. The normalized spacial score (nSPS) is 11.9. The molecule has 0 aliphatic rings. The predicted octanol–water partition coefficient (Wildman–Crippen LogP) is 2.80. The van der Waals surface area contributed by atoms with Crippen molar-refractivity contribution in [2.24, 2.45) is 0 Å². The number of fused-ring (bicyclic) bond motifs is 1. The lowest BCUT2D eigenvalue weighted by Crippen LogP contribution is -2.09. The van der Waals surface area contributed by atoms with Crippen LogP contribution in [0.5, 0.6) is 0 Å². The van der Waals surface area contributed by atoms with Gasteiger partial charge in [-0.2, -0.15) is 4.98 Å². The van der Waals surface area contributed by atoms with Crippen LogP contribution in [-0.2, 0) is 9.84 Å². The molecule has 0 spiro atoms. The van der Waals surface area contributed by atoms with Crippen LogP contribution in [0.2, 0.25) is 0 Å². The summed E-state index contributed by atoms with van der Waals surface area (Å²) in [6, 6.07) is 8.85. The number of aromatic nitrogens is 3. The summed E-state index contributed by atoms with van der Waals surface area (Å²) in [6.07, 6.45) is 0. The highest BCUT2D eigenvalue weighted by atomic mass is 32.2. The highest BCUT2D eigenvalue weighted by Crippen LogP contribution is 2.21. The Kier molecular flexibility index (Phi) is 4.36. The molecule has 6 nitrogen and oxygen atoms in total. The first-order chi connectivity index (χ1) is 10.9. The summed E-state index contributed by atoms with van der Waals surface area (Å²) >= 11 is 1.31. The van der Waals surface area contributed by atoms with Gasteiger partial charge in [-0.05, 0) is 32.0 Å². The minimum absolute atomic E-state index is 0.0825. The van der Waals surface area contributed by atoms with E-state index in [9.17, 15) is 8.42 Å². The molecule has 1 aromatic carbocycles. The summed E-state index contributed by atoms with van der Waals surface area (Å²) in [6.45, 7) is 3.77. The molecule has 3 aromatic rings. The van der Waals surface area contributed by atoms with Gasteiger partial charge < -0.3 is 4.42 Å². The molecule has 23 heavy (non-hydrogen) atoms. The largest absolute Gasteiger partial charge is 0.428 e. The quantitative estimate of drug-likeness (QED) is 0.517. The molecule has 0 unspecified atom stereocenters. The number of thioether (sulfide) groups is 1. The van der Waals surface area contributed by atoms with E-state index < -0.39 is 9.84 Å². The molecule has 0 saturated heterocycles. The highest BCUT2D eigenvalue weighted by Gasteiger charge is 2.21. The Hall–Kier alpha value is -1.93. The second-order valence-electron chi connectivity index (χ2n) is 5.05. The van der Waals surface area contributed by atoms with Crippen molar-refractivity contribution in [3.8, 4) is 0 Å². The summed E-state index contributed by atoms with van der Waals surface area (Å²) in [7, 11) is -3.57. The molecule has 0 atom stereocenters. The van der Waals surface area contributed by atoms with Gasteiger partial charge in [0.1, 0.15) is 5.52 Å². The van der Waals surface area contributed by atoms with Crippen molar-refractivity contribution in [2.45, 2.75) is 24.2 Å². The van der Waals surface area contributed by atoms with Crippen molar-refractivity contribution in [2.75, 3.05) is 11.5 Å². The number of sulfone groups is 1. The zero-order valence-corrected chi connectivity index (χ0v) is 14.3. The molecule has 2 heterocycles. The van der Waals surface area contributed by atoms with E-state index in [4.69, 9.17) is 4.42 Å². The molecule has 0 aliphatic carbocycles. The van der Waals surface area contributed by atoms with Crippen LogP contribution in [-0.4, -0.2) is 34.9 Å². The van der Waals surface area contributed by atoms with Gasteiger partial charge in [0, 0.05) is 17.1 Å². The molecule has 0 fully saturated rings. The fourth-order valence-electron chi connectivity index (χ4n) is 2.07. The fourth-order valence-corrected chi connectivity index (χ4v) is 4.51. The molecule has 0 N–H and O–H groups in total. The number of oxazole rings is 1. The average Bonchev–Trinajstić information content (AvgIpc) is 2.91. The maximum Gasteiger partial charge on any atom is 0.316 e. The molecule has 0 saturated carbocycles. The molecule has 0 amide bonds. The third kappa shape index (κ3) is 3.70. The number of aryl methyl sites for hydroxylation is 2. The van der Waals surface area contributed by atoms with Gasteiger partial charge in [0.15, 0.2) is 10.7 Å². The van der Waals surface area contributed by atoms with Crippen LogP contribution < -0.4 is 0 Å². The minimum Gasteiger partial charge on any atom is -0.428 e. The number of para-hydroxylation sites is 2. The molecule has 0 aliphatic heterocycles. The molecular weight excluding hydrogens is 334 g/mol. The summed E-state index contributed by atoms with van der Waals surface area (Å²) in [5, 5.41) is 0.343. The lowest BCUT2D eigenvalue weighted by Gasteiger charge is -2.02. The zero-order chi connectivity index (χ0) is 16.4. The van der Waals surface area contributed by atoms with E-state index in [-0.39, 0.29) is 11.0 Å². The topological polar surface area (TPSA) is 86.0 Å². The summed E-state index contributed by atoms with van der Waals surface area (Å²) in [5.41, 5.74) is 2.73. The van der Waals surface area contributed by atoms with E-state index in [1.165, 1.54) is 11.8 Å². The second kappa shape index (κ2) is 6.29. The first-order valence-electron chi connectivity index (χ1n) is 6.97. The van der Waals surface area contributed by atoms with E-state index in [1.807, 2.05) is 19.9 Å². The summed E-state index contributed by atoms with van der Waals surface area (Å²) < 4.78 is 30.0. The summed E-state index contributed by atoms with van der Waals surface area (Å²) in [4.78, 5) is 12.6. The van der Waals surface area contributed by atoms with Crippen LogP contribution in [0.25, 0.3) is 11.1 Å². The number of nitrogens with zero attached hydrogens (tertiary/aromatic N) is 3. The third-order valence-electron chi connectivity index (χ3n) is 3.09. The summed E-state index contributed by atoms with van der Waals surface area (Å²) in [5.74, 6) is 0.255. The van der Waals surface area contributed by atoms with E-state index >= 15 is 0 Å². The molecule has 8 heteroatoms. The van der Waals surface area contributed by atoms with Crippen LogP contribution >= 0.6 is 11.8 Å². The Morgan fingerprint density at radius 2 is 1.78 bits per heavy atom. The fraction of sp³-hybridized carbons (Fsp3) is 0.267. The Morgan fingerprint density at radius 1 is 1.09 bits per heavy atom. The van der Waals surface area contributed by atoms with Crippen molar-refractivity contribution in [1.29, 1.82) is 0 Å². The van der Waals surface area contributed by atoms with Gasteiger partial charge in [-0.3, -0.25) is 0 Å². The molecular formula is C15H15N3O3S2. The monoisotopic (exact) mass is 349 g/mol. The Balaban J connectivity index is 1.71. The zero-order valence-electron chi connectivity index (χ0n) is 12.7. The van der Waals surface area contributed by atoms with Gasteiger partial charge in [0.05, 0.1) is 5.75 Å². The van der Waals surface area contributed by atoms with Crippen molar-refractivity contribution in [3.63, 3.8) is 0 Å². The van der Waals surface area contributed by atoms with Gasteiger partial charge in [-0.25, -0.2) is 18.4 Å². The van der Waals surface area contributed by atoms with E-state index in [0.717, 1.165) is 11.4 Å². The van der Waals surface area contributed by atoms with Crippen molar-refractivity contribution >= 4 is 32.7 Å². The predicted molar refractivity (Wildman–Crippen MR) is 88.3 cm³/mol. The SMILES string of the molecule is Cc1cc(C)nc(SCCS(=O)(=O)c2nc3ccccc3o2)n1. The molecule has 3 rings (SSSR count). The first-order valence-corrected chi connectivity index (χ1v) is 9.61. The smallest absolute Gasteiger partial charge is 0.316 e. The number of rotatable bonds is 5. The van der Waals surface area contributed by atoms with Crippen LogP contribution in [0.15, 0.2) is 45.1 Å². The lowest BCUT2D eigenvalue weighted by molar-refractivity contribution is 0.459. The van der Waals surface area contributed by atoms with Gasteiger partial charge in [-0.1, -0.05) is 23.9 Å². The Bertz CT molecular complexity index is 898.